The van der Waals surface area contributed by atoms with Crippen molar-refractivity contribution in [3.8, 4) is 0 Å². The van der Waals surface area contributed by atoms with Crippen LogP contribution in [0.4, 0.5) is 5.69 Å². The molecule has 0 bridgehead atoms. The van der Waals surface area contributed by atoms with Gasteiger partial charge in [0.25, 0.3) is 5.91 Å². The molecule has 0 unspecified atom stereocenters. The molecule has 104 valence electrons. The van der Waals surface area contributed by atoms with Gasteiger partial charge >= 0.3 is 0 Å². The summed E-state index contributed by atoms with van der Waals surface area (Å²) in [5, 5.41) is 0. The SMILES string of the molecule is Cc1ccc(CCN(C)C(=O)c2cccc(N)c2)cc1. The molecular weight excluding hydrogens is 248 g/mol. The monoisotopic (exact) mass is 268 g/mol. The Morgan fingerprint density at radius 1 is 1.15 bits per heavy atom. The lowest BCUT2D eigenvalue weighted by atomic mass is 10.1. The normalized spacial score (nSPS) is 10.3. The van der Waals surface area contributed by atoms with Gasteiger partial charge in [-0.3, -0.25) is 4.79 Å². The van der Waals surface area contributed by atoms with Crippen LogP contribution in [-0.2, 0) is 6.42 Å². The highest BCUT2D eigenvalue weighted by molar-refractivity contribution is 5.94. The Morgan fingerprint density at radius 3 is 2.50 bits per heavy atom. The summed E-state index contributed by atoms with van der Waals surface area (Å²) in [6.07, 6.45) is 0.852. The molecule has 0 atom stereocenters. The number of likely N-dealkylation sites (N-methyl/N-ethyl adjacent to an activating group) is 1. The topological polar surface area (TPSA) is 46.3 Å². The molecule has 2 aromatic rings. The fourth-order valence-electron chi connectivity index (χ4n) is 2.05. The molecule has 0 aliphatic carbocycles. The maximum absolute atomic E-state index is 12.2. The average molecular weight is 268 g/mol. The molecule has 0 fully saturated rings. The number of carbonyl (C=O) groups excluding carboxylic acids is 1. The first-order valence-electron chi connectivity index (χ1n) is 6.73. The van der Waals surface area contributed by atoms with Crippen LogP contribution in [0.25, 0.3) is 0 Å². The fourth-order valence-corrected chi connectivity index (χ4v) is 2.05. The lowest BCUT2D eigenvalue weighted by molar-refractivity contribution is 0.0796. The van der Waals surface area contributed by atoms with Crippen molar-refractivity contribution in [3.05, 3.63) is 65.2 Å². The van der Waals surface area contributed by atoms with Crippen LogP contribution < -0.4 is 5.73 Å². The van der Waals surface area contributed by atoms with Gasteiger partial charge in [-0.05, 0) is 37.1 Å². The molecule has 2 aromatic carbocycles. The minimum atomic E-state index is 0.00408. The number of anilines is 1. The van der Waals surface area contributed by atoms with Gasteiger partial charge in [-0.25, -0.2) is 0 Å². The van der Waals surface area contributed by atoms with Gasteiger partial charge in [0.2, 0.25) is 0 Å². The maximum Gasteiger partial charge on any atom is 0.253 e. The predicted molar refractivity (Wildman–Crippen MR) is 82.7 cm³/mol. The molecule has 0 spiro atoms. The Kier molecular flexibility index (Phi) is 4.41. The third-order valence-corrected chi connectivity index (χ3v) is 3.34. The molecular formula is C17H20N2O. The molecule has 0 saturated heterocycles. The lowest BCUT2D eigenvalue weighted by Gasteiger charge is -2.17. The molecule has 0 aliphatic rings. The van der Waals surface area contributed by atoms with Crippen molar-refractivity contribution < 1.29 is 4.79 Å². The highest BCUT2D eigenvalue weighted by Crippen LogP contribution is 2.10. The van der Waals surface area contributed by atoms with E-state index in [1.807, 2.05) is 7.05 Å². The summed E-state index contributed by atoms with van der Waals surface area (Å²) in [4.78, 5) is 14.0. The quantitative estimate of drug-likeness (QED) is 0.867. The largest absolute Gasteiger partial charge is 0.399 e. The van der Waals surface area contributed by atoms with Crippen LogP contribution in [0.1, 0.15) is 21.5 Å². The summed E-state index contributed by atoms with van der Waals surface area (Å²) in [6.45, 7) is 2.76. The third kappa shape index (κ3) is 3.60. The summed E-state index contributed by atoms with van der Waals surface area (Å²) in [7, 11) is 1.82. The van der Waals surface area contributed by atoms with Crippen LogP contribution in [0.15, 0.2) is 48.5 Å². The summed E-state index contributed by atoms with van der Waals surface area (Å²) >= 11 is 0. The number of nitrogens with zero attached hydrogens (tertiary/aromatic N) is 1. The molecule has 0 aliphatic heterocycles. The van der Waals surface area contributed by atoms with Crippen LogP contribution in [0.3, 0.4) is 0 Å². The average Bonchev–Trinajstić information content (AvgIpc) is 2.45. The number of rotatable bonds is 4. The minimum absolute atomic E-state index is 0.00408. The summed E-state index contributed by atoms with van der Waals surface area (Å²) in [5.74, 6) is 0.00408. The van der Waals surface area contributed by atoms with Crippen LogP contribution in [0.5, 0.6) is 0 Å². The molecule has 3 heteroatoms. The molecule has 20 heavy (non-hydrogen) atoms. The zero-order valence-corrected chi connectivity index (χ0v) is 12.0. The van der Waals surface area contributed by atoms with Gasteiger partial charge < -0.3 is 10.6 Å². The Morgan fingerprint density at radius 2 is 1.85 bits per heavy atom. The van der Waals surface area contributed by atoms with Gasteiger partial charge in [-0.15, -0.1) is 0 Å². The van der Waals surface area contributed by atoms with Crippen molar-refractivity contribution in [2.45, 2.75) is 13.3 Å². The van der Waals surface area contributed by atoms with E-state index in [1.54, 1.807) is 29.2 Å². The second-order valence-corrected chi connectivity index (χ2v) is 5.09. The highest BCUT2D eigenvalue weighted by atomic mass is 16.2. The van der Waals surface area contributed by atoms with Gasteiger partial charge in [-0.2, -0.15) is 0 Å². The molecule has 0 aromatic heterocycles. The Balaban J connectivity index is 1.96. The zero-order valence-electron chi connectivity index (χ0n) is 12.0. The van der Waals surface area contributed by atoms with Gasteiger partial charge in [0.1, 0.15) is 0 Å². The Labute approximate surface area is 120 Å². The van der Waals surface area contributed by atoms with Crippen molar-refractivity contribution >= 4 is 11.6 Å². The summed E-state index contributed by atoms with van der Waals surface area (Å²) in [6, 6.07) is 15.5. The lowest BCUT2D eigenvalue weighted by Crippen LogP contribution is -2.28. The number of benzene rings is 2. The van der Waals surface area contributed by atoms with E-state index in [9.17, 15) is 4.79 Å². The van der Waals surface area contributed by atoms with Crippen molar-refractivity contribution in [2.75, 3.05) is 19.3 Å². The van der Waals surface area contributed by atoms with Crippen molar-refractivity contribution in [1.82, 2.24) is 4.90 Å². The van der Waals surface area contributed by atoms with Crippen LogP contribution in [-0.4, -0.2) is 24.4 Å². The first-order valence-corrected chi connectivity index (χ1v) is 6.73. The van der Waals surface area contributed by atoms with E-state index in [-0.39, 0.29) is 5.91 Å². The van der Waals surface area contributed by atoms with E-state index >= 15 is 0 Å². The minimum Gasteiger partial charge on any atom is -0.399 e. The maximum atomic E-state index is 12.2. The fraction of sp³-hybridized carbons (Fsp3) is 0.235. The number of aryl methyl sites for hydroxylation is 1. The summed E-state index contributed by atoms with van der Waals surface area (Å²) < 4.78 is 0. The van der Waals surface area contributed by atoms with E-state index < -0.39 is 0 Å². The van der Waals surface area contributed by atoms with Crippen molar-refractivity contribution in [1.29, 1.82) is 0 Å². The molecule has 0 heterocycles. The van der Waals surface area contributed by atoms with Crippen molar-refractivity contribution in [2.24, 2.45) is 0 Å². The molecule has 0 saturated carbocycles. The van der Waals surface area contributed by atoms with Crippen LogP contribution in [0.2, 0.25) is 0 Å². The van der Waals surface area contributed by atoms with E-state index in [0.717, 1.165) is 6.42 Å². The zero-order chi connectivity index (χ0) is 14.5. The van der Waals surface area contributed by atoms with E-state index in [0.29, 0.717) is 17.8 Å². The number of nitrogen functional groups attached to an aromatic ring is 1. The molecule has 2 N–H and O–H groups in total. The third-order valence-electron chi connectivity index (χ3n) is 3.34. The molecule has 1 amide bonds. The second kappa shape index (κ2) is 6.24. The van der Waals surface area contributed by atoms with Gasteiger partial charge in [-0.1, -0.05) is 35.9 Å². The number of nitrogens with two attached hydrogens (primary N) is 1. The Bertz CT molecular complexity index is 590. The highest BCUT2D eigenvalue weighted by Gasteiger charge is 2.11. The standard InChI is InChI=1S/C17H20N2O/c1-13-6-8-14(9-7-13)10-11-19(2)17(20)15-4-3-5-16(18)12-15/h3-9,12H,10-11,18H2,1-2H3. The number of hydrogen-bond acceptors (Lipinski definition) is 2. The van der Waals surface area contributed by atoms with Crippen LogP contribution in [0, 0.1) is 6.92 Å². The summed E-state index contributed by atoms with van der Waals surface area (Å²) in [5.41, 5.74) is 9.44. The smallest absolute Gasteiger partial charge is 0.253 e. The number of hydrogen-bond donors (Lipinski definition) is 1. The van der Waals surface area contributed by atoms with Gasteiger partial charge in [0.05, 0.1) is 0 Å². The van der Waals surface area contributed by atoms with Crippen molar-refractivity contribution in [3.63, 3.8) is 0 Å². The van der Waals surface area contributed by atoms with E-state index in [1.165, 1.54) is 11.1 Å². The first-order chi connectivity index (χ1) is 9.56. The van der Waals surface area contributed by atoms with E-state index in [2.05, 4.69) is 31.2 Å². The second-order valence-electron chi connectivity index (χ2n) is 5.09. The molecule has 2 rings (SSSR count). The van der Waals surface area contributed by atoms with Gasteiger partial charge in [0, 0.05) is 24.8 Å². The first kappa shape index (κ1) is 14.1. The molecule has 3 nitrogen and oxygen atoms in total. The number of amides is 1. The molecule has 0 radical (unpaired) electrons. The van der Waals surface area contributed by atoms with E-state index in [4.69, 9.17) is 5.73 Å². The van der Waals surface area contributed by atoms with Gasteiger partial charge in [0.15, 0.2) is 0 Å². The predicted octanol–water partition coefficient (Wildman–Crippen LogP) is 2.89. The Hall–Kier alpha value is -2.29. The van der Waals surface area contributed by atoms with Crippen LogP contribution >= 0.6 is 0 Å². The number of carbonyl (C=O) groups is 1.